The molecule has 0 radical (unpaired) electrons. The van der Waals surface area contributed by atoms with Crippen LogP contribution in [0.5, 0.6) is 0 Å². The lowest BCUT2D eigenvalue weighted by Gasteiger charge is -2.15. The molecule has 0 heterocycles. The van der Waals surface area contributed by atoms with Gasteiger partial charge in [0.15, 0.2) is 0 Å². The quantitative estimate of drug-likeness (QED) is 0.516. The zero-order chi connectivity index (χ0) is 20.0. The number of sulfone groups is 1. The van der Waals surface area contributed by atoms with Gasteiger partial charge in [-0.3, -0.25) is 0 Å². The van der Waals surface area contributed by atoms with Gasteiger partial charge in [0.25, 0.3) is 4.20 Å². The second-order valence-electron chi connectivity index (χ2n) is 4.26. The van der Waals surface area contributed by atoms with Crippen molar-refractivity contribution in [2.24, 2.45) is 0 Å². The summed E-state index contributed by atoms with van der Waals surface area (Å²) in [5.74, 6) is 0. The van der Waals surface area contributed by atoms with Crippen molar-refractivity contribution in [2.45, 2.75) is 23.4 Å². The van der Waals surface area contributed by atoms with E-state index in [-0.39, 0.29) is 0 Å². The van der Waals surface area contributed by atoms with Gasteiger partial charge >= 0.3 is 18.5 Å². The zero-order valence-electron chi connectivity index (χ0n) is 11.1. The van der Waals surface area contributed by atoms with E-state index in [9.17, 15) is 56.3 Å². The Morgan fingerprint density at radius 3 is 1.36 bits per heavy atom. The summed E-state index contributed by atoms with van der Waals surface area (Å²) in [6.45, 7) is 0. The standard InChI is InChI=1S/C10H3F9O4S2/c11-8(12,13)4-1-5(9(14,15)16)3-6(2-4)25(22,23)7(24(20)21)10(17,18)19/h1-3H. The Labute approximate surface area is 134 Å². The molecular weight excluding hydrogens is 419 g/mol. The van der Waals surface area contributed by atoms with Crippen molar-refractivity contribution >= 4 is 24.3 Å². The van der Waals surface area contributed by atoms with Crippen LogP contribution in [-0.4, -0.2) is 27.2 Å². The molecule has 0 aliphatic heterocycles. The van der Waals surface area contributed by atoms with Crippen LogP contribution in [0.2, 0.25) is 0 Å². The topological polar surface area (TPSA) is 68.3 Å². The first kappa shape index (κ1) is 21.3. The van der Waals surface area contributed by atoms with E-state index in [2.05, 4.69) is 0 Å². The third kappa shape index (κ3) is 4.65. The van der Waals surface area contributed by atoms with Crippen LogP contribution in [0.3, 0.4) is 0 Å². The van der Waals surface area contributed by atoms with Gasteiger partial charge < -0.3 is 0 Å². The second-order valence-corrected chi connectivity index (χ2v) is 7.29. The van der Waals surface area contributed by atoms with Crippen LogP contribution >= 0.6 is 0 Å². The lowest BCUT2D eigenvalue weighted by Crippen LogP contribution is -2.32. The molecule has 1 aromatic carbocycles. The van der Waals surface area contributed by atoms with Crippen molar-refractivity contribution in [1.82, 2.24) is 0 Å². The summed E-state index contributed by atoms with van der Waals surface area (Å²) >= 11 is 0. The average molecular weight is 422 g/mol. The average Bonchev–Trinajstić information content (AvgIpc) is 2.33. The van der Waals surface area contributed by atoms with Crippen LogP contribution in [0.15, 0.2) is 23.1 Å². The minimum absolute atomic E-state index is 0.525. The maximum absolute atomic E-state index is 12.6. The van der Waals surface area contributed by atoms with E-state index >= 15 is 0 Å². The molecule has 1 rings (SSSR count). The summed E-state index contributed by atoms with van der Waals surface area (Å²) in [6.07, 6.45) is -17.2. The minimum Gasteiger partial charge on any atom is -0.217 e. The van der Waals surface area contributed by atoms with Gasteiger partial charge in [0.1, 0.15) is 0 Å². The van der Waals surface area contributed by atoms with Crippen LogP contribution in [0, 0.1) is 0 Å². The van der Waals surface area contributed by atoms with E-state index in [0.29, 0.717) is 0 Å². The molecule has 142 valence electrons. The molecule has 0 bridgehead atoms. The fourth-order valence-corrected chi connectivity index (χ4v) is 3.80. The molecule has 15 heteroatoms. The van der Waals surface area contributed by atoms with Crippen molar-refractivity contribution in [1.29, 1.82) is 0 Å². The van der Waals surface area contributed by atoms with Crippen LogP contribution in [0.4, 0.5) is 39.5 Å². The fraction of sp³-hybridized carbons (Fsp3) is 0.300. The predicted octanol–water partition coefficient (Wildman–Crippen LogP) is 3.07. The van der Waals surface area contributed by atoms with Crippen molar-refractivity contribution in [2.75, 3.05) is 0 Å². The maximum Gasteiger partial charge on any atom is 0.442 e. The summed E-state index contributed by atoms with van der Waals surface area (Å²) in [5.41, 5.74) is -4.45. The van der Waals surface area contributed by atoms with E-state index in [0.717, 1.165) is 0 Å². The van der Waals surface area contributed by atoms with Crippen molar-refractivity contribution in [3.63, 3.8) is 0 Å². The highest BCUT2D eigenvalue weighted by atomic mass is 32.2. The van der Waals surface area contributed by atoms with Gasteiger partial charge in [-0.25, -0.2) is 8.42 Å². The van der Waals surface area contributed by atoms with E-state index in [1.54, 1.807) is 0 Å². The van der Waals surface area contributed by atoms with Crippen molar-refractivity contribution in [3.8, 4) is 0 Å². The molecule has 0 aliphatic rings. The number of alkyl halides is 9. The van der Waals surface area contributed by atoms with Gasteiger partial charge in [-0.15, -0.1) is 0 Å². The van der Waals surface area contributed by atoms with Crippen LogP contribution in [0.25, 0.3) is 0 Å². The number of hydrogen-bond acceptors (Lipinski definition) is 4. The SMILES string of the molecule is O=S(=O)=C(C(F)(F)F)S(=O)(=O)c1cc(C(F)(F)F)cc(C(F)(F)F)c1. The first-order valence-corrected chi connectivity index (χ1v) is 8.02. The van der Waals surface area contributed by atoms with Crippen molar-refractivity contribution in [3.05, 3.63) is 29.3 Å². The Kier molecular flexibility index (Phi) is 5.27. The molecule has 0 spiro atoms. The van der Waals surface area contributed by atoms with Crippen LogP contribution < -0.4 is 0 Å². The highest BCUT2D eigenvalue weighted by Crippen LogP contribution is 2.38. The van der Waals surface area contributed by atoms with Gasteiger partial charge in [0.05, 0.1) is 16.0 Å². The van der Waals surface area contributed by atoms with E-state index in [1.165, 1.54) is 0 Å². The van der Waals surface area contributed by atoms with Gasteiger partial charge in [0.2, 0.25) is 20.1 Å². The Morgan fingerprint density at radius 2 is 1.12 bits per heavy atom. The molecule has 0 N–H and O–H groups in total. The Bertz CT molecular complexity index is 878. The number of rotatable bonds is 1. The summed E-state index contributed by atoms with van der Waals surface area (Å²) in [4.78, 5) is -2.12. The van der Waals surface area contributed by atoms with Gasteiger partial charge in [-0.1, -0.05) is 0 Å². The lowest BCUT2D eigenvalue weighted by molar-refractivity contribution is -0.143. The maximum atomic E-state index is 12.6. The molecule has 1 aromatic rings. The molecule has 0 saturated carbocycles. The first-order chi connectivity index (χ1) is 10.9. The molecule has 0 aliphatic carbocycles. The molecule has 0 atom stereocenters. The van der Waals surface area contributed by atoms with E-state index in [4.69, 9.17) is 0 Å². The minimum atomic E-state index is -6.24. The van der Waals surface area contributed by atoms with Crippen LogP contribution in [0.1, 0.15) is 11.1 Å². The Balaban J connectivity index is 3.92. The molecule has 0 fully saturated rings. The summed E-state index contributed by atoms with van der Waals surface area (Å²) in [6, 6.07) is -1.58. The predicted molar refractivity (Wildman–Crippen MR) is 63.6 cm³/mol. The largest absolute Gasteiger partial charge is 0.442 e. The third-order valence-corrected chi connectivity index (χ3v) is 5.67. The molecule has 0 unspecified atom stereocenters. The molecule has 0 aromatic heterocycles. The highest BCUT2D eigenvalue weighted by molar-refractivity contribution is 8.15. The normalized spacial score (nSPS) is 13.6. The summed E-state index contributed by atoms with van der Waals surface area (Å²) < 4.78 is 155. The monoisotopic (exact) mass is 422 g/mol. The van der Waals surface area contributed by atoms with Gasteiger partial charge in [-0.05, 0) is 18.2 Å². The van der Waals surface area contributed by atoms with Gasteiger partial charge in [0, 0.05) is 0 Å². The summed E-state index contributed by atoms with van der Waals surface area (Å²) in [7, 11) is -10.8. The molecule has 0 amide bonds. The summed E-state index contributed by atoms with van der Waals surface area (Å²) in [5, 5.41) is 0. The fourth-order valence-electron chi connectivity index (χ4n) is 1.52. The lowest BCUT2D eigenvalue weighted by atomic mass is 10.1. The Morgan fingerprint density at radius 1 is 0.760 bits per heavy atom. The molecule has 0 saturated heterocycles. The van der Waals surface area contributed by atoms with Crippen LogP contribution in [-0.2, 0) is 32.5 Å². The zero-order valence-corrected chi connectivity index (χ0v) is 12.7. The molecule has 25 heavy (non-hydrogen) atoms. The number of benzene rings is 1. The second kappa shape index (κ2) is 6.19. The number of hydrogen-bond donors (Lipinski definition) is 0. The van der Waals surface area contributed by atoms with E-state index in [1.807, 2.05) is 0 Å². The smallest absolute Gasteiger partial charge is 0.217 e. The van der Waals surface area contributed by atoms with Gasteiger partial charge in [-0.2, -0.15) is 47.9 Å². The third-order valence-electron chi connectivity index (χ3n) is 2.50. The van der Waals surface area contributed by atoms with Crippen molar-refractivity contribution < 1.29 is 56.3 Å². The van der Waals surface area contributed by atoms with E-state index < -0.39 is 77.1 Å². The Hall–Kier alpha value is -1.77. The molecule has 4 nitrogen and oxygen atoms in total. The molecular formula is C10H3F9O4S2. The number of halogens is 9. The highest BCUT2D eigenvalue weighted by Gasteiger charge is 2.48. The first-order valence-electron chi connectivity index (χ1n) is 5.46.